The monoisotopic (exact) mass is 363 g/mol. The molecule has 0 atom stereocenters. The molecular formula is C24H47N2+. The summed E-state index contributed by atoms with van der Waals surface area (Å²) in [6.45, 7) is 9.18. The van der Waals surface area contributed by atoms with Crippen molar-refractivity contribution in [2.45, 2.75) is 137 Å². The zero-order valence-electron chi connectivity index (χ0n) is 18.3. The topological polar surface area (TPSA) is 8.81 Å². The van der Waals surface area contributed by atoms with Crippen LogP contribution in [0.1, 0.15) is 123 Å². The molecule has 1 heterocycles. The van der Waals surface area contributed by atoms with E-state index in [0.717, 1.165) is 6.54 Å². The summed E-state index contributed by atoms with van der Waals surface area (Å²) < 4.78 is 4.98. The van der Waals surface area contributed by atoms with Crippen LogP contribution in [-0.2, 0) is 19.5 Å². The lowest BCUT2D eigenvalue weighted by Gasteiger charge is -2.05. The van der Waals surface area contributed by atoms with Gasteiger partial charge in [-0.1, -0.05) is 90.9 Å². The Kier molecular flexibility index (Phi) is 14.7. The maximum atomic E-state index is 2.53. The van der Waals surface area contributed by atoms with Gasteiger partial charge in [-0.25, -0.2) is 9.13 Å². The molecule has 26 heavy (non-hydrogen) atoms. The van der Waals surface area contributed by atoms with Gasteiger partial charge in [0, 0.05) is 6.42 Å². The fourth-order valence-corrected chi connectivity index (χ4v) is 3.93. The van der Waals surface area contributed by atoms with E-state index >= 15 is 0 Å². The van der Waals surface area contributed by atoms with Crippen LogP contribution in [0.3, 0.4) is 0 Å². The molecule has 1 aromatic heterocycles. The Morgan fingerprint density at radius 3 is 1.69 bits per heavy atom. The molecule has 0 amide bonds. The minimum atomic E-state index is 1.11. The molecule has 0 bridgehead atoms. The number of aromatic nitrogens is 2. The zero-order valence-corrected chi connectivity index (χ0v) is 18.3. The Hall–Kier alpha value is -0.790. The number of imidazole rings is 1. The Balaban J connectivity index is 2.11. The summed E-state index contributed by atoms with van der Waals surface area (Å²) >= 11 is 0. The average Bonchev–Trinajstić information content (AvgIpc) is 3.05. The Labute approximate surface area is 164 Å². The minimum Gasteiger partial charge on any atom is -0.235 e. The lowest BCUT2D eigenvalue weighted by molar-refractivity contribution is -0.704. The summed E-state index contributed by atoms with van der Waals surface area (Å²) in [5.74, 6) is 1.55. The number of rotatable bonds is 18. The van der Waals surface area contributed by atoms with Gasteiger partial charge in [0.15, 0.2) is 0 Å². The highest BCUT2D eigenvalue weighted by Crippen LogP contribution is 2.12. The van der Waals surface area contributed by atoms with Gasteiger partial charge in [-0.15, -0.1) is 0 Å². The van der Waals surface area contributed by atoms with Crippen molar-refractivity contribution < 1.29 is 4.57 Å². The first kappa shape index (κ1) is 23.2. The fourth-order valence-electron chi connectivity index (χ4n) is 3.93. The van der Waals surface area contributed by atoms with E-state index in [0.29, 0.717) is 0 Å². The van der Waals surface area contributed by atoms with Crippen molar-refractivity contribution in [2.75, 3.05) is 0 Å². The molecule has 0 saturated carbocycles. The van der Waals surface area contributed by atoms with Crippen molar-refractivity contribution in [3.63, 3.8) is 0 Å². The highest BCUT2D eigenvalue weighted by molar-refractivity contribution is 4.83. The largest absolute Gasteiger partial charge is 0.256 e. The molecule has 1 aromatic rings. The highest BCUT2D eigenvalue weighted by atomic mass is 15.1. The van der Waals surface area contributed by atoms with Crippen molar-refractivity contribution in [1.29, 1.82) is 0 Å². The maximum absolute atomic E-state index is 2.53. The number of hydrogen-bond donors (Lipinski definition) is 0. The summed E-state index contributed by atoms with van der Waals surface area (Å²) in [6, 6.07) is 0. The van der Waals surface area contributed by atoms with Crippen LogP contribution in [0.5, 0.6) is 0 Å². The van der Waals surface area contributed by atoms with Gasteiger partial charge in [0.2, 0.25) is 0 Å². The first-order valence-corrected chi connectivity index (χ1v) is 11.9. The molecule has 2 nitrogen and oxygen atoms in total. The van der Waals surface area contributed by atoms with E-state index in [4.69, 9.17) is 0 Å². The molecule has 152 valence electrons. The maximum Gasteiger partial charge on any atom is 0.256 e. The minimum absolute atomic E-state index is 1.11. The molecule has 1 rings (SSSR count). The van der Waals surface area contributed by atoms with E-state index in [9.17, 15) is 0 Å². The molecule has 0 aliphatic heterocycles. The molecule has 0 N–H and O–H groups in total. The predicted molar refractivity (Wildman–Crippen MR) is 115 cm³/mol. The van der Waals surface area contributed by atoms with Gasteiger partial charge in [-0.05, 0) is 26.2 Å². The molecule has 0 spiro atoms. The van der Waals surface area contributed by atoms with Crippen LogP contribution >= 0.6 is 0 Å². The summed E-state index contributed by atoms with van der Waals surface area (Å²) in [5, 5.41) is 0. The molecule has 0 aromatic carbocycles. The molecular weight excluding hydrogens is 316 g/mol. The molecule has 0 saturated heterocycles. The normalized spacial score (nSPS) is 11.3. The van der Waals surface area contributed by atoms with Crippen LogP contribution in [0.2, 0.25) is 0 Å². The lowest BCUT2D eigenvalue weighted by atomic mass is 10.1. The van der Waals surface area contributed by atoms with Crippen molar-refractivity contribution >= 4 is 0 Å². The van der Waals surface area contributed by atoms with Crippen LogP contribution in [0.4, 0.5) is 0 Å². The van der Waals surface area contributed by atoms with E-state index in [1.807, 2.05) is 0 Å². The summed E-state index contributed by atoms with van der Waals surface area (Å²) in [5.41, 5.74) is 0. The average molecular weight is 364 g/mol. The van der Waals surface area contributed by atoms with E-state index in [-0.39, 0.29) is 0 Å². The first-order chi connectivity index (χ1) is 12.8. The molecule has 0 unspecified atom stereocenters. The van der Waals surface area contributed by atoms with Crippen molar-refractivity contribution in [1.82, 2.24) is 4.57 Å². The van der Waals surface area contributed by atoms with Gasteiger partial charge in [0.05, 0.1) is 13.1 Å². The van der Waals surface area contributed by atoms with Gasteiger partial charge in [0.1, 0.15) is 12.4 Å². The van der Waals surface area contributed by atoms with Crippen LogP contribution in [-0.4, -0.2) is 4.57 Å². The van der Waals surface area contributed by atoms with Gasteiger partial charge >= 0.3 is 0 Å². The number of nitrogens with zero attached hydrogens (tertiary/aromatic N) is 2. The third kappa shape index (κ3) is 10.4. The predicted octanol–water partition coefficient (Wildman–Crippen LogP) is 7.23. The Bertz CT molecular complexity index is 422. The summed E-state index contributed by atoms with van der Waals surface area (Å²) in [6.07, 6.45) is 27.0. The van der Waals surface area contributed by atoms with Gasteiger partial charge in [-0.3, -0.25) is 0 Å². The van der Waals surface area contributed by atoms with Crippen LogP contribution in [0.15, 0.2) is 12.4 Å². The third-order valence-corrected chi connectivity index (χ3v) is 5.69. The summed E-state index contributed by atoms with van der Waals surface area (Å²) in [4.78, 5) is 0. The Morgan fingerprint density at radius 2 is 1.15 bits per heavy atom. The van der Waals surface area contributed by atoms with Crippen molar-refractivity contribution in [3.8, 4) is 0 Å². The summed E-state index contributed by atoms with van der Waals surface area (Å²) in [7, 11) is 0. The first-order valence-electron chi connectivity index (χ1n) is 11.9. The van der Waals surface area contributed by atoms with Crippen LogP contribution in [0, 0.1) is 0 Å². The molecule has 0 aliphatic rings. The van der Waals surface area contributed by atoms with Crippen LogP contribution in [0.25, 0.3) is 0 Å². The van der Waals surface area contributed by atoms with E-state index < -0.39 is 0 Å². The second-order valence-electron chi connectivity index (χ2n) is 8.04. The smallest absolute Gasteiger partial charge is 0.235 e. The Morgan fingerprint density at radius 1 is 0.654 bits per heavy atom. The van der Waals surface area contributed by atoms with Crippen molar-refractivity contribution in [2.24, 2.45) is 0 Å². The van der Waals surface area contributed by atoms with Gasteiger partial charge in [0.25, 0.3) is 5.82 Å². The SMILES string of the molecule is CCCCCCCCCCCCC[n+]1ccn(CC)c1CCCCCC. The number of hydrogen-bond acceptors (Lipinski definition) is 0. The van der Waals surface area contributed by atoms with E-state index in [1.165, 1.54) is 109 Å². The molecule has 0 aliphatic carbocycles. The van der Waals surface area contributed by atoms with Crippen LogP contribution < -0.4 is 4.57 Å². The highest BCUT2D eigenvalue weighted by Gasteiger charge is 2.15. The van der Waals surface area contributed by atoms with Gasteiger partial charge in [-0.2, -0.15) is 0 Å². The van der Waals surface area contributed by atoms with Gasteiger partial charge < -0.3 is 0 Å². The second kappa shape index (κ2) is 16.4. The van der Waals surface area contributed by atoms with E-state index in [1.54, 1.807) is 5.82 Å². The molecule has 0 fully saturated rings. The van der Waals surface area contributed by atoms with Crippen molar-refractivity contribution in [3.05, 3.63) is 18.2 Å². The van der Waals surface area contributed by atoms with E-state index in [2.05, 4.69) is 42.3 Å². The number of unbranched alkanes of at least 4 members (excludes halogenated alkanes) is 13. The third-order valence-electron chi connectivity index (χ3n) is 5.69. The molecule has 0 radical (unpaired) electrons. The second-order valence-corrected chi connectivity index (χ2v) is 8.04. The quantitative estimate of drug-likeness (QED) is 0.192. The number of aryl methyl sites for hydroxylation is 2. The standard InChI is InChI=1S/C24H47N2/c1-4-7-9-11-12-13-14-15-16-17-19-21-26-23-22-25(6-3)24(26)20-18-10-8-5-2/h22-23H,4-21H2,1-3H3/q+1. The lowest BCUT2D eigenvalue weighted by Crippen LogP contribution is -2.37. The fraction of sp³-hybridized carbons (Fsp3) is 0.875. The zero-order chi connectivity index (χ0) is 18.9. The molecule has 2 heteroatoms.